The van der Waals surface area contributed by atoms with E-state index in [4.69, 9.17) is 0 Å². The number of rotatable bonds is 3. The quantitative estimate of drug-likeness (QED) is 0.435. The zero-order chi connectivity index (χ0) is 11.9. The van der Waals surface area contributed by atoms with E-state index in [0.29, 0.717) is 0 Å². The van der Waals surface area contributed by atoms with E-state index in [-0.39, 0.29) is 0 Å². The van der Waals surface area contributed by atoms with Gasteiger partial charge in [-0.25, -0.2) is 4.98 Å². The summed E-state index contributed by atoms with van der Waals surface area (Å²) in [4.78, 5) is 3.89. The number of hydrogen-bond acceptors (Lipinski definition) is 1. The summed E-state index contributed by atoms with van der Waals surface area (Å²) >= 11 is 0. The minimum Gasteiger partial charge on any atom is -0.418 e. The molecule has 0 spiro atoms. The van der Waals surface area contributed by atoms with Crippen molar-refractivity contribution in [3.05, 3.63) is 38.0 Å². The molecule has 1 aromatic heterocycles. The lowest BCUT2D eigenvalue weighted by Gasteiger charge is -2.00. The molecular formula is C8H10BF4N2-. The Labute approximate surface area is 85.0 Å². The number of hydrogen-bond donors (Lipinski definition) is 0. The fourth-order valence-electron chi connectivity index (χ4n) is 0.718. The highest BCUT2D eigenvalue weighted by atomic mass is 19.5. The minimum absolute atomic E-state index is 0.802. The number of aromatic nitrogens is 2. The summed E-state index contributed by atoms with van der Waals surface area (Å²) in [7, 11) is -6.00. The van der Waals surface area contributed by atoms with Crippen LogP contribution in [0.1, 0.15) is 6.42 Å². The Morgan fingerprint density at radius 3 is 2.27 bits per heavy atom. The number of nitrogens with zero attached hydrogens (tertiary/aromatic N) is 2. The zero-order valence-electron chi connectivity index (χ0n) is 7.91. The summed E-state index contributed by atoms with van der Waals surface area (Å²) in [6.45, 7) is 7.45. The molecule has 0 fully saturated rings. The largest absolute Gasteiger partial charge is 0.673 e. The summed E-state index contributed by atoms with van der Waals surface area (Å²) < 4.78 is 40.9. The molecule has 0 aromatic carbocycles. The van der Waals surface area contributed by atoms with Crippen LogP contribution in [0.25, 0.3) is 5.70 Å². The standard InChI is InChI=1S/C8H10N2.BF4/c1-3-4-8(2)10-6-5-9-7-10;2-1(3,4)5/h3,5-7H,1-2,4H2;/q;-1. The monoisotopic (exact) mass is 221 g/mol. The van der Waals surface area contributed by atoms with E-state index in [1.165, 1.54) is 0 Å². The number of halogens is 4. The molecule has 0 radical (unpaired) electrons. The third-order valence-corrected chi connectivity index (χ3v) is 1.25. The fraction of sp³-hybridized carbons (Fsp3) is 0.125. The van der Waals surface area contributed by atoms with Crippen molar-refractivity contribution >= 4 is 13.0 Å². The maximum atomic E-state index is 9.75. The van der Waals surface area contributed by atoms with Gasteiger partial charge in [0.05, 0.1) is 6.33 Å². The van der Waals surface area contributed by atoms with Gasteiger partial charge < -0.3 is 21.8 Å². The fourth-order valence-corrected chi connectivity index (χ4v) is 0.718. The molecule has 1 rings (SSSR count). The second-order valence-corrected chi connectivity index (χ2v) is 2.52. The molecule has 1 heterocycles. The molecule has 0 bridgehead atoms. The van der Waals surface area contributed by atoms with Crippen LogP contribution in [-0.2, 0) is 0 Å². The number of imidazole rings is 1. The van der Waals surface area contributed by atoms with Crippen LogP contribution in [0.4, 0.5) is 17.3 Å². The van der Waals surface area contributed by atoms with E-state index >= 15 is 0 Å². The molecule has 15 heavy (non-hydrogen) atoms. The topological polar surface area (TPSA) is 17.8 Å². The number of allylic oxidation sites excluding steroid dienone is 2. The molecule has 0 amide bonds. The highest BCUT2D eigenvalue weighted by Crippen LogP contribution is 2.06. The van der Waals surface area contributed by atoms with Gasteiger partial charge in [-0.3, -0.25) is 0 Å². The van der Waals surface area contributed by atoms with Gasteiger partial charge in [0.15, 0.2) is 0 Å². The first-order chi connectivity index (χ1) is 6.84. The van der Waals surface area contributed by atoms with E-state index < -0.39 is 7.25 Å². The summed E-state index contributed by atoms with van der Waals surface area (Å²) in [5, 5.41) is 0. The molecule has 84 valence electrons. The molecule has 0 aliphatic heterocycles. The lowest BCUT2D eigenvalue weighted by atomic mass is 10.3. The minimum atomic E-state index is -6.00. The molecule has 7 heteroatoms. The predicted octanol–water partition coefficient (Wildman–Crippen LogP) is 3.23. The van der Waals surface area contributed by atoms with Gasteiger partial charge in [-0.1, -0.05) is 12.7 Å². The second kappa shape index (κ2) is 6.05. The van der Waals surface area contributed by atoms with Crippen molar-refractivity contribution < 1.29 is 17.3 Å². The van der Waals surface area contributed by atoms with Crippen molar-refractivity contribution in [3.8, 4) is 0 Å². The summed E-state index contributed by atoms with van der Waals surface area (Å²) in [5.74, 6) is 0. The molecule has 0 aliphatic rings. The van der Waals surface area contributed by atoms with Crippen LogP contribution in [0.5, 0.6) is 0 Å². The smallest absolute Gasteiger partial charge is 0.418 e. The zero-order valence-corrected chi connectivity index (χ0v) is 7.91. The third kappa shape index (κ3) is 8.80. The molecule has 0 saturated carbocycles. The Kier molecular flexibility index (Phi) is 5.44. The molecule has 0 atom stereocenters. The van der Waals surface area contributed by atoms with Gasteiger partial charge in [-0.15, -0.1) is 6.58 Å². The Balaban J connectivity index is 0.000000336. The predicted molar refractivity (Wildman–Crippen MR) is 52.6 cm³/mol. The van der Waals surface area contributed by atoms with Crippen LogP contribution in [-0.4, -0.2) is 16.8 Å². The summed E-state index contributed by atoms with van der Waals surface area (Å²) in [5.41, 5.74) is 0.993. The first-order valence-electron chi connectivity index (χ1n) is 3.99. The average molecular weight is 221 g/mol. The maximum Gasteiger partial charge on any atom is 0.673 e. The first kappa shape index (κ1) is 13.5. The molecule has 0 unspecified atom stereocenters. The molecule has 0 N–H and O–H groups in total. The Bertz CT molecular complexity index is 299. The SMILES string of the molecule is C=CCC(=C)n1ccnc1.F[B-](F)(F)F. The van der Waals surface area contributed by atoms with Gasteiger partial charge in [0.25, 0.3) is 0 Å². The Hall–Kier alpha value is -1.53. The van der Waals surface area contributed by atoms with Crippen molar-refractivity contribution in [1.82, 2.24) is 9.55 Å². The van der Waals surface area contributed by atoms with Crippen LogP contribution in [0.15, 0.2) is 38.0 Å². The average Bonchev–Trinajstić information content (AvgIpc) is 2.52. The highest BCUT2D eigenvalue weighted by Gasteiger charge is 2.20. The second-order valence-electron chi connectivity index (χ2n) is 2.52. The normalized spacial score (nSPS) is 10.1. The highest BCUT2D eigenvalue weighted by molar-refractivity contribution is 6.50. The lowest BCUT2D eigenvalue weighted by Crippen LogP contribution is -2.02. The van der Waals surface area contributed by atoms with E-state index in [1.54, 1.807) is 12.5 Å². The molecular weight excluding hydrogens is 211 g/mol. The first-order valence-corrected chi connectivity index (χ1v) is 3.99. The van der Waals surface area contributed by atoms with Gasteiger partial charge in [-0.05, 0) is 0 Å². The van der Waals surface area contributed by atoms with Crippen molar-refractivity contribution in [3.63, 3.8) is 0 Å². The molecule has 1 aromatic rings. The molecule has 2 nitrogen and oxygen atoms in total. The van der Waals surface area contributed by atoms with Crippen LogP contribution < -0.4 is 0 Å². The van der Waals surface area contributed by atoms with E-state index in [0.717, 1.165) is 12.1 Å². The Morgan fingerprint density at radius 1 is 1.40 bits per heavy atom. The van der Waals surface area contributed by atoms with E-state index in [9.17, 15) is 17.3 Å². The maximum absolute atomic E-state index is 9.75. The van der Waals surface area contributed by atoms with Gasteiger partial charge in [0.1, 0.15) is 0 Å². The van der Waals surface area contributed by atoms with E-state index in [2.05, 4.69) is 18.1 Å². The van der Waals surface area contributed by atoms with Crippen molar-refractivity contribution in [2.45, 2.75) is 6.42 Å². The molecule has 0 aliphatic carbocycles. The van der Waals surface area contributed by atoms with Crippen molar-refractivity contribution in [2.75, 3.05) is 0 Å². The summed E-state index contributed by atoms with van der Waals surface area (Å²) in [6.07, 6.45) is 7.95. The van der Waals surface area contributed by atoms with Crippen LogP contribution >= 0.6 is 0 Å². The van der Waals surface area contributed by atoms with Gasteiger partial charge in [0, 0.05) is 24.5 Å². The van der Waals surface area contributed by atoms with Crippen LogP contribution in [0.3, 0.4) is 0 Å². The van der Waals surface area contributed by atoms with Crippen LogP contribution in [0.2, 0.25) is 0 Å². The van der Waals surface area contributed by atoms with Gasteiger partial charge in [0.2, 0.25) is 0 Å². The van der Waals surface area contributed by atoms with Gasteiger partial charge >= 0.3 is 7.25 Å². The third-order valence-electron chi connectivity index (χ3n) is 1.25. The summed E-state index contributed by atoms with van der Waals surface area (Å²) in [6, 6.07) is 0. The lowest BCUT2D eigenvalue weighted by molar-refractivity contribution is 0.368. The van der Waals surface area contributed by atoms with Crippen molar-refractivity contribution in [1.29, 1.82) is 0 Å². The van der Waals surface area contributed by atoms with E-state index in [1.807, 2.05) is 16.8 Å². The Morgan fingerprint density at radius 2 is 1.93 bits per heavy atom. The van der Waals surface area contributed by atoms with Crippen LogP contribution in [0, 0.1) is 0 Å². The van der Waals surface area contributed by atoms with Gasteiger partial charge in [-0.2, -0.15) is 0 Å². The van der Waals surface area contributed by atoms with Crippen molar-refractivity contribution in [2.24, 2.45) is 0 Å². The molecule has 0 saturated heterocycles.